The Hall–Kier alpha value is -1.55. The largest absolute Gasteiger partial charge is 0.497 e. The summed E-state index contributed by atoms with van der Waals surface area (Å²) in [5, 5.41) is 3.83. The molecule has 16 heavy (non-hydrogen) atoms. The summed E-state index contributed by atoms with van der Waals surface area (Å²) < 4.78 is 5.10. The van der Waals surface area contributed by atoms with Crippen molar-refractivity contribution >= 4 is 5.71 Å². The third-order valence-corrected chi connectivity index (χ3v) is 2.37. The van der Waals surface area contributed by atoms with Crippen molar-refractivity contribution in [1.29, 1.82) is 0 Å². The third kappa shape index (κ3) is 3.55. The first-order valence-electron chi connectivity index (χ1n) is 5.23. The predicted molar refractivity (Wildman–Crippen MR) is 66.9 cm³/mol. The molecule has 4 heteroatoms. The average molecular weight is 221 g/mol. The number of ether oxygens (including phenoxy) is 1. The molecule has 1 aromatic carbocycles. The summed E-state index contributed by atoms with van der Waals surface area (Å²) in [4.78, 5) is 2.11. The second-order valence-corrected chi connectivity index (χ2v) is 3.86. The van der Waals surface area contributed by atoms with E-state index in [-0.39, 0.29) is 0 Å². The summed E-state index contributed by atoms with van der Waals surface area (Å²) >= 11 is 0. The predicted octanol–water partition coefficient (Wildman–Crippen LogP) is 1.31. The Bertz CT molecular complexity index is 344. The van der Waals surface area contributed by atoms with Crippen LogP contribution < -0.4 is 10.6 Å². The number of nitrogens with zero attached hydrogens (tertiary/aromatic N) is 2. The average Bonchev–Trinajstić information content (AvgIpc) is 2.30. The maximum Gasteiger partial charge on any atom is 0.118 e. The molecule has 0 aliphatic rings. The third-order valence-electron chi connectivity index (χ3n) is 2.37. The van der Waals surface area contributed by atoms with E-state index < -0.39 is 0 Å². The molecule has 0 aliphatic carbocycles. The van der Waals surface area contributed by atoms with Gasteiger partial charge in [0.25, 0.3) is 0 Å². The first kappa shape index (κ1) is 12.5. The normalized spacial score (nSPS) is 11.9. The van der Waals surface area contributed by atoms with Crippen molar-refractivity contribution in [3.8, 4) is 5.75 Å². The van der Waals surface area contributed by atoms with Crippen molar-refractivity contribution < 1.29 is 4.74 Å². The van der Waals surface area contributed by atoms with Crippen LogP contribution in [0.1, 0.15) is 12.0 Å². The fourth-order valence-corrected chi connectivity index (χ4v) is 1.40. The molecule has 1 rings (SSSR count). The van der Waals surface area contributed by atoms with E-state index in [4.69, 9.17) is 10.6 Å². The Morgan fingerprint density at radius 2 is 1.94 bits per heavy atom. The summed E-state index contributed by atoms with van der Waals surface area (Å²) in [5.41, 5.74) is 1.96. The molecule has 0 saturated carbocycles. The molecule has 0 radical (unpaired) electrons. The van der Waals surface area contributed by atoms with E-state index >= 15 is 0 Å². The molecule has 0 atom stereocenters. The Morgan fingerprint density at radius 3 is 2.38 bits per heavy atom. The summed E-state index contributed by atoms with van der Waals surface area (Å²) in [6.45, 7) is 0.933. The van der Waals surface area contributed by atoms with Gasteiger partial charge in [0.15, 0.2) is 0 Å². The quantitative estimate of drug-likeness (QED) is 0.463. The molecule has 0 bridgehead atoms. The number of hydrogen-bond donors (Lipinski definition) is 1. The Balaban J connectivity index is 2.72. The Labute approximate surface area is 96.7 Å². The van der Waals surface area contributed by atoms with Gasteiger partial charge in [-0.15, -0.1) is 0 Å². The van der Waals surface area contributed by atoms with Crippen LogP contribution in [-0.2, 0) is 0 Å². The summed E-state index contributed by atoms with van der Waals surface area (Å²) in [6.07, 6.45) is 0.843. The molecular weight excluding hydrogens is 202 g/mol. The van der Waals surface area contributed by atoms with E-state index in [0.29, 0.717) is 0 Å². The van der Waals surface area contributed by atoms with Crippen LogP contribution in [0.5, 0.6) is 5.75 Å². The highest BCUT2D eigenvalue weighted by Gasteiger charge is 2.04. The van der Waals surface area contributed by atoms with Crippen molar-refractivity contribution in [1.82, 2.24) is 4.90 Å². The molecule has 4 nitrogen and oxygen atoms in total. The number of hydrazone groups is 1. The van der Waals surface area contributed by atoms with E-state index in [1.807, 2.05) is 38.4 Å². The molecule has 88 valence electrons. The molecular formula is C12H19N3O. The highest BCUT2D eigenvalue weighted by molar-refractivity contribution is 6.00. The molecule has 0 fully saturated rings. The van der Waals surface area contributed by atoms with E-state index in [1.54, 1.807) is 7.11 Å². The first-order valence-corrected chi connectivity index (χ1v) is 5.23. The van der Waals surface area contributed by atoms with E-state index in [1.165, 1.54) is 0 Å². The van der Waals surface area contributed by atoms with Gasteiger partial charge in [0.05, 0.1) is 12.8 Å². The van der Waals surface area contributed by atoms with E-state index in [2.05, 4.69) is 10.0 Å². The summed E-state index contributed by atoms with van der Waals surface area (Å²) in [5.74, 6) is 6.24. The van der Waals surface area contributed by atoms with Crippen LogP contribution in [0.3, 0.4) is 0 Å². The summed E-state index contributed by atoms with van der Waals surface area (Å²) in [7, 11) is 5.71. The zero-order chi connectivity index (χ0) is 12.0. The fraction of sp³-hybridized carbons (Fsp3) is 0.417. The van der Waals surface area contributed by atoms with Gasteiger partial charge in [0.1, 0.15) is 5.75 Å². The van der Waals surface area contributed by atoms with E-state index in [0.717, 1.165) is 30.0 Å². The molecule has 0 saturated heterocycles. The molecule has 0 amide bonds. The lowest BCUT2D eigenvalue weighted by atomic mass is 10.1. The van der Waals surface area contributed by atoms with Crippen LogP contribution in [0.2, 0.25) is 0 Å². The molecule has 0 aromatic heterocycles. The monoisotopic (exact) mass is 221 g/mol. The lowest BCUT2D eigenvalue weighted by molar-refractivity contribution is 0.414. The van der Waals surface area contributed by atoms with Crippen molar-refractivity contribution in [3.63, 3.8) is 0 Å². The lowest BCUT2D eigenvalue weighted by Gasteiger charge is -2.11. The van der Waals surface area contributed by atoms with Crippen LogP contribution in [-0.4, -0.2) is 38.4 Å². The van der Waals surface area contributed by atoms with E-state index in [9.17, 15) is 0 Å². The van der Waals surface area contributed by atoms with Gasteiger partial charge in [-0.3, -0.25) is 0 Å². The number of benzene rings is 1. The van der Waals surface area contributed by atoms with Crippen LogP contribution in [0.15, 0.2) is 29.4 Å². The number of nitrogens with two attached hydrogens (primary N) is 1. The Kier molecular flexibility index (Phi) is 4.79. The molecule has 0 heterocycles. The van der Waals surface area contributed by atoms with Gasteiger partial charge in [-0.25, -0.2) is 0 Å². The van der Waals surface area contributed by atoms with Crippen LogP contribution >= 0.6 is 0 Å². The SMILES string of the molecule is COc1ccc(/C(CCN(C)C)=N\N)cc1. The van der Waals surface area contributed by atoms with Gasteiger partial charge in [0, 0.05) is 13.0 Å². The van der Waals surface area contributed by atoms with Crippen molar-refractivity contribution in [3.05, 3.63) is 29.8 Å². The maximum absolute atomic E-state index is 5.40. The van der Waals surface area contributed by atoms with Crippen molar-refractivity contribution in [2.75, 3.05) is 27.7 Å². The first-order chi connectivity index (χ1) is 7.67. The molecule has 0 unspecified atom stereocenters. The minimum absolute atomic E-state index is 0.840. The fourth-order valence-electron chi connectivity index (χ4n) is 1.40. The van der Waals surface area contributed by atoms with Gasteiger partial charge in [0.2, 0.25) is 0 Å². The van der Waals surface area contributed by atoms with Gasteiger partial charge < -0.3 is 15.5 Å². The number of methoxy groups -OCH3 is 1. The highest BCUT2D eigenvalue weighted by atomic mass is 16.5. The highest BCUT2D eigenvalue weighted by Crippen LogP contribution is 2.13. The second kappa shape index (κ2) is 6.12. The Morgan fingerprint density at radius 1 is 1.31 bits per heavy atom. The zero-order valence-electron chi connectivity index (χ0n) is 10.1. The van der Waals surface area contributed by atoms with Gasteiger partial charge in [-0.05, 0) is 43.9 Å². The smallest absolute Gasteiger partial charge is 0.118 e. The minimum Gasteiger partial charge on any atom is -0.497 e. The van der Waals surface area contributed by atoms with Gasteiger partial charge >= 0.3 is 0 Å². The van der Waals surface area contributed by atoms with Crippen LogP contribution in [0, 0.1) is 0 Å². The molecule has 2 N–H and O–H groups in total. The van der Waals surface area contributed by atoms with Crippen molar-refractivity contribution in [2.24, 2.45) is 10.9 Å². The number of hydrogen-bond acceptors (Lipinski definition) is 4. The van der Waals surface area contributed by atoms with Gasteiger partial charge in [-0.2, -0.15) is 5.10 Å². The van der Waals surface area contributed by atoms with Crippen LogP contribution in [0.25, 0.3) is 0 Å². The standard InChI is InChI=1S/C12H19N3O/c1-15(2)9-8-12(14-13)10-4-6-11(16-3)7-5-10/h4-7H,8-9,13H2,1-3H3/b14-12-. The second-order valence-electron chi connectivity index (χ2n) is 3.86. The molecule has 0 aliphatic heterocycles. The maximum atomic E-state index is 5.40. The van der Waals surface area contributed by atoms with Gasteiger partial charge in [-0.1, -0.05) is 0 Å². The lowest BCUT2D eigenvalue weighted by Crippen LogP contribution is -2.18. The minimum atomic E-state index is 0.840. The van der Waals surface area contributed by atoms with Crippen molar-refractivity contribution in [2.45, 2.75) is 6.42 Å². The molecule has 0 spiro atoms. The topological polar surface area (TPSA) is 50.8 Å². The molecule has 1 aromatic rings. The zero-order valence-corrected chi connectivity index (χ0v) is 10.1. The van der Waals surface area contributed by atoms with Crippen LogP contribution in [0.4, 0.5) is 0 Å². The number of rotatable bonds is 5. The summed E-state index contributed by atoms with van der Waals surface area (Å²) in [6, 6.07) is 7.77.